The van der Waals surface area contributed by atoms with Crippen LogP contribution in [0.3, 0.4) is 0 Å². The van der Waals surface area contributed by atoms with Crippen molar-refractivity contribution in [2.75, 3.05) is 23.8 Å². The van der Waals surface area contributed by atoms with Gasteiger partial charge in [-0.15, -0.1) is 0 Å². The van der Waals surface area contributed by atoms with Crippen molar-refractivity contribution in [3.05, 3.63) is 18.0 Å². The van der Waals surface area contributed by atoms with Gasteiger partial charge in [0.25, 0.3) is 0 Å². The molecule has 2 heterocycles. The van der Waals surface area contributed by atoms with Gasteiger partial charge >= 0.3 is 0 Å². The zero-order valence-corrected chi connectivity index (χ0v) is 10.8. The van der Waals surface area contributed by atoms with Gasteiger partial charge in [0.05, 0.1) is 0 Å². The fraction of sp³-hybridized carbons (Fsp3) is 0.200. The molecular formula is C10H13N7S. The Morgan fingerprint density at radius 1 is 1.17 bits per heavy atom. The number of anilines is 3. The molecule has 18 heavy (non-hydrogen) atoms. The summed E-state index contributed by atoms with van der Waals surface area (Å²) in [7, 11) is 1.80. The predicted octanol–water partition coefficient (Wildman–Crippen LogP) is 0.932. The van der Waals surface area contributed by atoms with Gasteiger partial charge in [0.1, 0.15) is 28.8 Å². The van der Waals surface area contributed by atoms with Gasteiger partial charge in [0.2, 0.25) is 0 Å². The van der Waals surface area contributed by atoms with Gasteiger partial charge in [0, 0.05) is 18.7 Å². The zero-order valence-electron chi connectivity index (χ0n) is 10.0. The first kappa shape index (κ1) is 12.4. The monoisotopic (exact) mass is 263 g/mol. The largest absolute Gasteiger partial charge is 0.383 e. The van der Waals surface area contributed by atoms with Crippen LogP contribution in [0.25, 0.3) is 0 Å². The van der Waals surface area contributed by atoms with Gasteiger partial charge in [-0.3, -0.25) is 0 Å². The van der Waals surface area contributed by atoms with E-state index in [2.05, 4.69) is 25.3 Å². The fourth-order valence-corrected chi connectivity index (χ4v) is 2.21. The number of nitrogens with one attached hydrogen (secondary N) is 1. The summed E-state index contributed by atoms with van der Waals surface area (Å²) in [6.45, 7) is 1.92. The molecule has 0 fully saturated rings. The van der Waals surface area contributed by atoms with Gasteiger partial charge in [-0.05, 0) is 18.7 Å². The summed E-state index contributed by atoms with van der Waals surface area (Å²) >= 11 is 1.30. The molecule has 2 rings (SSSR count). The van der Waals surface area contributed by atoms with Crippen molar-refractivity contribution in [3.8, 4) is 0 Å². The van der Waals surface area contributed by atoms with Crippen LogP contribution < -0.4 is 16.8 Å². The van der Waals surface area contributed by atoms with Crippen LogP contribution in [0.5, 0.6) is 0 Å². The van der Waals surface area contributed by atoms with E-state index in [4.69, 9.17) is 11.5 Å². The number of nitrogen functional groups attached to an aromatic ring is 2. The van der Waals surface area contributed by atoms with Crippen LogP contribution in [0.15, 0.2) is 22.6 Å². The lowest BCUT2D eigenvalue weighted by molar-refractivity contribution is 0.959. The first-order valence-corrected chi connectivity index (χ1v) is 5.99. The molecule has 0 atom stereocenters. The molecule has 0 saturated heterocycles. The molecule has 0 unspecified atom stereocenters. The van der Waals surface area contributed by atoms with E-state index in [0.717, 1.165) is 16.4 Å². The summed E-state index contributed by atoms with van der Waals surface area (Å²) in [5.74, 6) is 1.44. The maximum Gasteiger partial charge on any atom is 0.197 e. The van der Waals surface area contributed by atoms with Crippen molar-refractivity contribution in [2.24, 2.45) is 0 Å². The van der Waals surface area contributed by atoms with E-state index < -0.39 is 0 Å². The minimum Gasteiger partial charge on any atom is -0.383 e. The van der Waals surface area contributed by atoms with Crippen molar-refractivity contribution in [3.63, 3.8) is 0 Å². The normalized spacial score (nSPS) is 10.3. The molecule has 0 amide bonds. The summed E-state index contributed by atoms with van der Waals surface area (Å²) in [5.41, 5.74) is 12.2. The highest BCUT2D eigenvalue weighted by Gasteiger charge is 2.10. The number of aromatic nitrogens is 4. The Bertz CT molecular complexity index is 552. The topological polar surface area (TPSA) is 116 Å². The van der Waals surface area contributed by atoms with E-state index in [1.54, 1.807) is 7.05 Å². The second-order valence-corrected chi connectivity index (χ2v) is 4.46. The maximum atomic E-state index is 5.62. The second-order valence-electron chi connectivity index (χ2n) is 3.50. The Morgan fingerprint density at radius 2 is 1.83 bits per heavy atom. The van der Waals surface area contributed by atoms with E-state index in [-0.39, 0.29) is 0 Å². The SMILES string of the molecule is CNc1ncnc(Sc2nc(N)cc(N)n2)c1C. The molecule has 0 saturated carbocycles. The summed E-state index contributed by atoms with van der Waals surface area (Å²) < 4.78 is 0. The van der Waals surface area contributed by atoms with Crippen molar-refractivity contribution in [1.82, 2.24) is 19.9 Å². The van der Waals surface area contributed by atoms with Crippen LogP contribution in [-0.2, 0) is 0 Å². The molecule has 0 spiro atoms. The molecule has 0 radical (unpaired) electrons. The number of nitrogens with zero attached hydrogens (tertiary/aromatic N) is 4. The molecule has 0 aliphatic rings. The molecule has 2 aromatic rings. The summed E-state index contributed by atoms with van der Waals surface area (Å²) in [6, 6.07) is 1.51. The summed E-state index contributed by atoms with van der Waals surface area (Å²) in [4.78, 5) is 16.5. The number of nitrogens with two attached hydrogens (primary N) is 2. The molecule has 94 valence electrons. The molecule has 8 heteroatoms. The Morgan fingerprint density at radius 3 is 2.44 bits per heavy atom. The average molecular weight is 263 g/mol. The molecule has 7 nitrogen and oxygen atoms in total. The third-order valence-corrected chi connectivity index (χ3v) is 3.18. The van der Waals surface area contributed by atoms with E-state index in [1.807, 2.05) is 6.92 Å². The smallest absolute Gasteiger partial charge is 0.197 e. The van der Waals surface area contributed by atoms with Crippen molar-refractivity contribution in [2.45, 2.75) is 17.1 Å². The van der Waals surface area contributed by atoms with Crippen molar-refractivity contribution in [1.29, 1.82) is 0 Å². The summed E-state index contributed by atoms with van der Waals surface area (Å²) in [6.07, 6.45) is 1.48. The van der Waals surface area contributed by atoms with Crippen LogP contribution in [0.1, 0.15) is 5.56 Å². The van der Waals surface area contributed by atoms with E-state index in [1.165, 1.54) is 24.2 Å². The quantitative estimate of drug-likeness (QED) is 0.553. The standard InChI is InChI=1S/C10H13N7S/c1-5-8(13-2)14-4-15-9(5)18-10-16-6(11)3-7(12)17-10/h3-4H,1-2H3,(H,13,14,15)(H4,11,12,16,17). The minimum atomic E-state index is 0.338. The van der Waals surface area contributed by atoms with Gasteiger partial charge in [0.15, 0.2) is 5.16 Å². The lowest BCUT2D eigenvalue weighted by atomic mass is 10.3. The van der Waals surface area contributed by atoms with E-state index in [9.17, 15) is 0 Å². The van der Waals surface area contributed by atoms with Gasteiger partial charge < -0.3 is 16.8 Å². The first-order valence-electron chi connectivity index (χ1n) is 5.17. The number of hydrogen-bond donors (Lipinski definition) is 3. The summed E-state index contributed by atoms with van der Waals surface area (Å²) in [5, 5.41) is 4.22. The Kier molecular flexibility index (Phi) is 3.47. The lowest BCUT2D eigenvalue weighted by Crippen LogP contribution is -2.01. The van der Waals surface area contributed by atoms with Crippen molar-refractivity contribution < 1.29 is 0 Å². The molecule has 0 aliphatic heterocycles. The van der Waals surface area contributed by atoms with Gasteiger partial charge in [-0.25, -0.2) is 19.9 Å². The van der Waals surface area contributed by atoms with Gasteiger partial charge in [-0.2, -0.15) is 0 Å². The van der Waals surface area contributed by atoms with E-state index >= 15 is 0 Å². The van der Waals surface area contributed by atoms with Crippen LogP contribution >= 0.6 is 11.8 Å². The zero-order chi connectivity index (χ0) is 13.1. The maximum absolute atomic E-state index is 5.62. The number of hydrogen-bond acceptors (Lipinski definition) is 8. The van der Waals surface area contributed by atoms with Gasteiger partial charge in [-0.1, -0.05) is 0 Å². The van der Waals surface area contributed by atoms with E-state index in [0.29, 0.717) is 16.8 Å². The Balaban J connectivity index is 2.34. The molecule has 0 bridgehead atoms. The van der Waals surface area contributed by atoms with Crippen molar-refractivity contribution >= 4 is 29.2 Å². The third kappa shape index (κ3) is 2.59. The highest BCUT2D eigenvalue weighted by molar-refractivity contribution is 7.99. The predicted molar refractivity (Wildman–Crippen MR) is 71.3 cm³/mol. The molecule has 0 aliphatic carbocycles. The van der Waals surface area contributed by atoms with Crippen LogP contribution in [-0.4, -0.2) is 27.0 Å². The van der Waals surface area contributed by atoms with Crippen LogP contribution in [0, 0.1) is 6.92 Å². The molecule has 2 aromatic heterocycles. The highest BCUT2D eigenvalue weighted by atomic mass is 32.2. The fourth-order valence-electron chi connectivity index (χ4n) is 1.38. The molecule has 5 N–H and O–H groups in total. The van der Waals surface area contributed by atoms with Crippen LogP contribution in [0.2, 0.25) is 0 Å². The Labute approximate surface area is 108 Å². The Hall–Kier alpha value is -2.09. The molecular weight excluding hydrogens is 250 g/mol. The van der Waals surface area contributed by atoms with Crippen LogP contribution in [0.4, 0.5) is 17.5 Å². The second kappa shape index (κ2) is 5.05. The number of rotatable bonds is 3. The lowest BCUT2D eigenvalue weighted by Gasteiger charge is -2.07. The third-order valence-electron chi connectivity index (χ3n) is 2.21. The molecule has 0 aromatic carbocycles. The average Bonchev–Trinajstić information content (AvgIpc) is 2.30. The first-order chi connectivity index (χ1) is 8.60. The minimum absolute atomic E-state index is 0.338. The highest BCUT2D eigenvalue weighted by Crippen LogP contribution is 2.28.